The quantitative estimate of drug-likeness (QED) is 0.239. The second-order valence-electron chi connectivity index (χ2n) is 6.73. The molecule has 0 spiro atoms. The Morgan fingerprint density at radius 2 is 1.07 bits per heavy atom. The molecule has 156 valence electrons. The average Bonchev–Trinajstić information content (AvgIpc) is 2.67. The SMILES string of the molecule is C=C(C)C(=O)OCCOC(=O)C1CCCC(C(=O)OCCOC(=O)C(=C)C)C1. The number of carbonyl (C=O) groups is 4. The molecule has 1 fully saturated rings. The molecule has 1 saturated carbocycles. The molecule has 0 aromatic heterocycles. The summed E-state index contributed by atoms with van der Waals surface area (Å²) >= 11 is 0. The highest BCUT2D eigenvalue weighted by molar-refractivity contribution is 5.87. The van der Waals surface area contributed by atoms with Crippen LogP contribution in [0.4, 0.5) is 0 Å². The van der Waals surface area contributed by atoms with Crippen LogP contribution in [0.2, 0.25) is 0 Å². The van der Waals surface area contributed by atoms with Gasteiger partial charge in [-0.25, -0.2) is 9.59 Å². The summed E-state index contributed by atoms with van der Waals surface area (Å²) in [6.45, 7) is 9.79. The number of esters is 4. The molecule has 8 heteroatoms. The van der Waals surface area contributed by atoms with Crippen molar-refractivity contribution in [3.8, 4) is 0 Å². The highest BCUT2D eigenvalue weighted by Crippen LogP contribution is 2.30. The molecule has 2 atom stereocenters. The molecule has 28 heavy (non-hydrogen) atoms. The van der Waals surface area contributed by atoms with E-state index in [1.165, 1.54) is 13.8 Å². The second-order valence-corrected chi connectivity index (χ2v) is 6.73. The fraction of sp³-hybridized carbons (Fsp3) is 0.600. The van der Waals surface area contributed by atoms with E-state index in [9.17, 15) is 19.2 Å². The minimum Gasteiger partial charge on any atom is -0.462 e. The molecule has 0 bridgehead atoms. The van der Waals surface area contributed by atoms with Crippen LogP contribution in [0, 0.1) is 11.8 Å². The van der Waals surface area contributed by atoms with Crippen LogP contribution in [0.1, 0.15) is 39.5 Å². The maximum absolute atomic E-state index is 12.1. The van der Waals surface area contributed by atoms with Crippen LogP contribution in [0.25, 0.3) is 0 Å². The Morgan fingerprint density at radius 1 is 0.714 bits per heavy atom. The van der Waals surface area contributed by atoms with Crippen LogP contribution in [-0.2, 0) is 38.1 Å². The fourth-order valence-corrected chi connectivity index (χ4v) is 2.65. The van der Waals surface area contributed by atoms with E-state index < -0.39 is 35.7 Å². The first-order valence-corrected chi connectivity index (χ1v) is 9.21. The van der Waals surface area contributed by atoms with Crippen LogP contribution < -0.4 is 0 Å². The van der Waals surface area contributed by atoms with Gasteiger partial charge in [0.2, 0.25) is 0 Å². The third kappa shape index (κ3) is 8.37. The van der Waals surface area contributed by atoms with E-state index in [4.69, 9.17) is 18.9 Å². The van der Waals surface area contributed by atoms with Crippen LogP contribution in [0.3, 0.4) is 0 Å². The molecule has 0 heterocycles. The summed E-state index contributed by atoms with van der Waals surface area (Å²) in [7, 11) is 0. The average molecular weight is 396 g/mol. The summed E-state index contributed by atoms with van der Waals surface area (Å²) in [6, 6.07) is 0. The standard InChI is InChI=1S/C20H28O8/c1-13(2)17(21)25-8-10-27-19(23)15-6-5-7-16(12-15)20(24)28-11-9-26-18(22)14(3)4/h15-16H,1,3,5-12H2,2,4H3. The Bertz CT molecular complexity index is 570. The molecule has 8 nitrogen and oxygen atoms in total. The Labute approximate surface area is 164 Å². The van der Waals surface area contributed by atoms with Crippen molar-refractivity contribution in [2.45, 2.75) is 39.5 Å². The summed E-state index contributed by atoms with van der Waals surface area (Å²) in [5.74, 6) is -2.71. The van der Waals surface area contributed by atoms with E-state index in [0.29, 0.717) is 25.7 Å². The van der Waals surface area contributed by atoms with E-state index >= 15 is 0 Å². The maximum atomic E-state index is 12.1. The zero-order chi connectivity index (χ0) is 21.1. The third-order valence-electron chi connectivity index (χ3n) is 4.16. The van der Waals surface area contributed by atoms with Crippen molar-refractivity contribution in [3.63, 3.8) is 0 Å². The van der Waals surface area contributed by atoms with Crippen LogP contribution in [-0.4, -0.2) is 50.3 Å². The smallest absolute Gasteiger partial charge is 0.333 e. The van der Waals surface area contributed by atoms with Crippen molar-refractivity contribution < 1.29 is 38.1 Å². The van der Waals surface area contributed by atoms with Crippen LogP contribution in [0.5, 0.6) is 0 Å². The van der Waals surface area contributed by atoms with Gasteiger partial charge in [-0.1, -0.05) is 19.6 Å². The molecule has 1 aliphatic carbocycles. The number of rotatable bonds is 10. The maximum Gasteiger partial charge on any atom is 0.333 e. The van der Waals surface area contributed by atoms with Crippen molar-refractivity contribution in [2.75, 3.05) is 26.4 Å². The zero-order valence-corrected chi connectivity index (χ0v) is 16.5. The van der Waals surface area contributed by atoms with Gasteiger partial charge in [-0.05, 0) is 33.1 Å². The van der Waals surface area contributed by atoms with Gasteiger partial charge in [0.25, 0.3) is 0 Å². The predicted molar refractivity (Wildman–Crippen MR) is 98.9 cm³/mol. The molecule has 1 aliphatic rings. The fourth-order valence-electron chi connectivity index (χ4n) is 2.65. The lowest BCUT2D eigenvalue weighted by Crippen LogP contribution is -2.31. The molecule has 0 saturated heterocycles. The highest BCUT2D eigenvalue weighted by atomic mass is 16.6. The number of carbonyl (C=O) groups excluding carboxylic acids is 4. The van der Waals surface area contributed by atoms with E-state index in [1.807, 2.05) is 0 Å². The number of hydrogen-bond donors (Lipinski definition) is 0. The molecule has 0 N–H and O–H groups in total. The minimum atomic E-state index is -0.537. The van der Waals surface area contributed by atoms with Gasteiger partial charge in [0, 0.05) is 11.1 Å². The van der Waals surface area contributed by atoms with Gasteiger partial charge in [-0.2, -0.15) is 0 Å². The van der Waals surface area contributed by atoms with Gasteiger partial charge in [0.1, 0.15) is 26.4 Å². The number of hydrogen-bond acceptors (Lipinski definition) is 8. The molecule has 0 aromatic carbocycles. The van der Waals surface area contributed by atoms with Crippen molar-refractivity contribution in [1.82, 2.24) is 0 Å². The van der Waals surface area contributed by atoms with Gasteiger partial charge < -0.3 is 18.9 Å². The molecule has 0 amide bonds. The van der Waals surface area contributed by atoms with Gasteiger partial charge in [0.05, 0.1) is 11.8 Å². The van der Waals surface area contributed by atoms with Crippen LogP contribution in [0.15, 0.2) is 24.3 Å². The van der Waals surface area contributed by atoms with E-state index in [0.717, 1.165) is 0 Å². The lowest BCUT2D eigenvalue weighted by atomic mass is 9.81. The molecule has 2 unspecified atom stereocenters. The monoisotopic (exact) mass is 396 g/mol. The largest absolute Gasteiger partial charge is 0.462 e. The van der Waals surface area contributed by atoms with Gasteiger partial charge >= 0.3 is 23.9 Å². The highest BCUT2D eigenvalue weighted by Gasteiger charge is 2.33. The molecule has 0 radical (unpaired) electrons. The van der Waals surface area contributed by atoms with Crippen molar-refractivity contribution in [2.24, 2.45) is 11.8 Å². The Balaban J connectivity index is 2.30. The van der Waals surface area contributed by atoms with Gasteiger partial charge in [-0.3, -0.25) is 9.59 Å². The zero-order valence-electron chi connectivity index (χ0n) is 16.5. The Morgan fingerprint density at radius 3 is 1.43 bits per heavy atom. The summed E-state index contributed by atoms with van der Waals surface area (Å²) in [5.41, 5.74) is 0.545. The topological polar surface area (TPSA) is 105 Å². The first kappa shape index (κ1) is 23.4. The van der Waals surface area contributed by atoms with Gasteiger partial charge in [-0.15, -0.1) is 0 Å². The normalized spacial score (nSPS) is 18.5. The molecule has 0 aliphatic heterocycles. The van der Waals surface area contributed by atoms with E-state index in [1.54, 1.807) is 0 Å². The lowest BCUT2D eigenvalue weighted by molar-refractivity contribution is -0.159. The van der Waals surface area contributed by atoms with Crippen molar-refractivity contribution in [1.29, 1.82) is 0 Å². The Hall–Kier alpha value is -2.64. The third-order valence-corrected chi connectivity index (χ3v) is 4.16. The summed E-state index contributed by atoms with van der Waals surface area (Å²) in [5, 5.41) is 0. The molecular formula is C20H28O8. The van der Waals surface area contributed by atoms with Gasteiger partial charge in [0.15, 0.2) is 0 Å². The lowest BCUT2D eigenvalue weighted by Gasteiger charge is -2.26. The van der Waals surface area contributed by atoms with E-state index in [-0.39, 0.29) is 37.6 Å². The summed E-state index contributed by atoms with van der Waals surface area (Å²) in [4.78, 5) is 46.8. The molecule has 1 rings (SSSR count). The molecular weight excluding hydrogens is 368 g/mol. The number of ether oxygens (including phenoxy) is 4. The Kier molecular flexibility index (Phi) is 9.98. The second kappa shape index (κ2) is 11.9. The summed E-state index contributed by atoms with van der Waals surface area (Å²) in [6.07, 6.45) is 2.30. The van der Waals surface area contributed by atoms with Crippen molar-refractivity contribution >= 4 is 23.9 Å². The molecule has 0 aromatic rings. The minimum absolute atomic E-state index is 0.0431. The van der Waals surface area contributed by atoms with E-state index in [2.05, 4.69) is 13.2 Å². The predicted octanol–water partition coefficient (Wildman–Crippen LogP) is 2.12. The summed E-state index contributed by atoms with van der Waals surface area (Å²) < 4.78 is 20.0. The van der Waals surface area contributed by atoms with Crippen molar-refractivity contribution in [3.05, 3.63) is 24.3 Å². The first-order chi connectivity index (χ1) is 13.2. The van der Waals surface area contributed by atoms with Crippen LogP contribution >= 0.6 is 0 Å². The first-order valence-electron chi connectivity index (χ1n) is 9.21.